The third kappa shape index (κ3) is 32.4. The molecule has 0 aliphatic carbocycles. The summed E-state index contributed by atoms with van der Waals surface area (Å²) in [7, 11) is 0.835. The van der Waals surface area contributed by atoms with Crippen LogP contribution < -0.4 is 10.6 Å². The van der Waals surface area contributed by atoms with Crippen LogP contribution in [0, 0.1) is 13.8 Å². The molecule has 1 unspecified atom stereocenters. The van der Waals surface area contributed by atoms with Crippen LogP contribution in [0.15, 0.2) is 53.0 Å². The number of likely N-dealkylation sites (N-methyl/N-ethyl adjacent to an activating group) is 1. The van der Waals surface area contributed by atoms with Gasteiger partial charge in [0.15, 0.2) is 6.10 Å². The fraction of sp³-hybridized carbons (Fsp3) is 0.706. The SMILES string of the molecule is CCCCC/C=C\C\C=C/C=C/C=C/[C@@H](SC[C@H](N)C(=O)O[C@H](COC(=O)CCCCCCCCc1oc(CCCCC)c(C)c1C)COP(=O)([O-])OCC[N+](C)(C)C)[C@@H](O)CCCC(=O)O. The Morgan fingerprint density at radius 2 is 1.43 bits per heavy atom. The number of phosphoric ester groups is 1. The summed E-state index contributed by atoms with van der Waals surface area (Å²) in [5.41, 5.74) is 8.79. The summed E-state index contributed by atoms with van der Waals surface area (Å²) in [6, 6.07) is -1.21. The van der Waals surface area contributed by atoms with Gasteiger partial charge in [-0.15, -0.1) is 11.8 Å². The van der Waals surface area contributed by atoms with Crippen LogP contribution in [0.3, 0.4) is 0 Å². The second-order valence-corrected chi connectivity index (χ2v) is 20.9. The van der Waals surface area contributed by atoms with E-state index in [1.165, 1.54) is 55.0 Å². The lowest BCUT2D eigenvalue weighted by Gasteiger charge is -2.28. The van der Waals surface area contributed by atoms with Crippen LogP contribution in [0.1, 0.15) is 152 Å². The third-order valence-electron chi connectivity index (χ3n) is 11.1. The van der Waals surface area contributed by atoms with Gasteiger partial charge in [0.1, 0.15) is 37.3 Å². The number of allylic oxidation sites excluding steroid dienone is 7. The van der Waals surface area contributed by atoms with Crippen molar-refractivity contribution in [1.82, 2.24) is 0 Å². The van der Waals surface area contributed by atoms with Crippen LogP contribution in [0.2, 0.25) is 0 Å². The second-order valence-electron chi connectivity index (χ2n) is 18.3. The first-order chi connectivity index (χ1) is 31.9. The zero-order chi connectivity index (χ0) is 49.9. The van der Waals surface area contributed by atoms with E-state index < -0.39 is 62.4 Å². The van der Waals surface area contributed by atoms with E-state index in [1.807, 2.05) is 45.4 Å². The molecule has 5 atom stereocenters. The van der Waals surface area contributed by atoms with E-state index in [0.717, 1.165) is 75.7 Å². The summed E-state index contributed by atoms with van der Waals surface area (Å²) in [5, 5.41) is 19.5. The number of aliphatic carboxylic acids is 1. The van der Waals surface area contributed by atoms with E-state index >= 15 is 0 Å². The Bertz CT molecular complexity index is 1690. The number of ether oxygens (including phenoxy) is 2. The summed E-state index contributed by atoms with van der Waals surface area (Å²) < 4.78 is 40.3. The number of phosphoric acid groups is 1. The third-order valence-corrected chi connectivity index (χ3v) is 13.4. The number of furan rings is 1. The minimum absolute atomic E-state index is 0.00182. The number of unbranched alkanes of at least 4 members (excludes halogenated alkanes) is 10. The number of hydrogen-bond donors (Lipinski definition) is 3. The molecule has 1 aromatic rings. The standard InChI is InChI=1S/C51H87N2O12PS/c1-8-10-12-13-14-15-16-17-18-19-23-27-33-48(45(54)30-29-34-49(55)56)67-40-44(52)51(58)64-43(39-63-66(59,60)62-37-36-53(5,6)7)38-61-50(57)35-28-24-21-20-22-26-32-47-42(4)41(3)46(65-47)31-25-11-9-2/h14-15,17-19,23,27,33,43-45,48,54H,8-13,16,20-22,24-26,28-32,34-40,52H2,1-7H3,(H-,55,56,59,60)/b15-14-,18-17-,23-19+,33-27+/t43-,44+,45+,48-/m1/s1. The molecule has 1 heterocycles. The highest BCUT2D eigenvalue weighted by Crippen LogP contribution is 2.38. The van der Waals surface area contributed by atoms with Gasteiger partial charge in [-0.2, -0.15) is 0 Å². The number of aliphatic hydroxyl groups excluding tert-OH is 1. The van der Waals surface area contributed by atoms with E-state index in [2.05, 4.69) is 39.8 Å². The first kappa shape index (κ1) is 62.0. The number of aryl methyl sites for hydroxylation is 2. The van der Waals surface area contributed by atoms with Gasteiger partial charge in [-0.3, -0.25) is 18.9 Å². The molecule has 4 N–H and O–H groups in total. The van der Waals surface area contributed by atoms with Crippen molar-refractivity contribution in [3.8, 4) is 0 Å². The van der Waals surface area contributed by atoms with E-state index in [4.69, 9.17) is 33.8 Å². The molecule has 1 aromatic heterocycles. The second kappa shape index (κ2) is 36.9. The molecule has 0 radical (unpaired) electrons. The highest BCUT2D eigenvalue weighted by Gasteiger charge is 2.27. The van der Waals surface area contributed by atoms with Crippen LogP contribution in [-0.4, -0.2) is 109 Å². The molecule has 384 valence electrons. The maximum Gasteiger partial charge on any atom is 0.324 e. The van der Waals surface area contributed by atoms with Crippen molar-refractivity contribution in [3.63, 3.8) is 0 Å². The Labute approximate surface area is 407 Å². The number of aliphatic hydroxyl groups is 1. The normalized spacial score (nSPS) is 15.1. The largest absolute Gasteiger partial charge is 0.756 e. The molecule has 16 heteroatoms. The van der Waals surface area contributed by atoms with Gasteiger partial charge in [0, 0.05) is 36.7 Å². The Balaban J connectivity index is 2.79. The number of esters is 2. The molecule has 0 fully saturated rings. The summed E-state index contributed by atoms with van der Waals surface area (Å²) >= 11 is 1.19. The molecule has 0 amide bonds. The smallest absolute Gasteiger partial charge is 0.324 e. The minimum Gasteiger partial charge on any atom is -0.756 e. The number of carbonyl (C=O) groups is 3. The van der Waals surface area contributed by atoms with Crippen molar-refractivity contribution < 1.29 is 61.5 Å². The van der Waals surface area contributed by atoms with Crippen LogP contribution in [0.5, 0.6) is 0 Å². The number of hydrogen-bond acceptors (Lipinski definition) is 13. The maximum atomic E-state index is 13.3. The van der Waals surface area contributed by atoms with E-state index in [1.54, 1.807) is 12.2 Å². The lowest BCUT2D eigenvalue weighted by Crippen LogP contribution is -2.40. The molecule has 0 saturated carbocycles. The predicted octanol–water partition coefficient (Wildman–Crippen LogP) is 9.81. The molecular weight excluding hydrogens is 896 g/mol. The van der Waals surface area contributed by atoms with Gasteiger partial charge in [0.2, 0.25) is 0 Å². The molecule has 14 nitrogen and oxygen atoms in total. The summed E-state index contributed by atoms with van der Waals surface area (Å²) in [6.07, 6.45) is 30.3. The zero-order valence-electron chi connectivity index (χ0n) is 42.0. The molecular formula is C51H87N2O12PS. The van der Waals surface area contributed by atoms with E-state index in [-0.39, 0.29) is 38.0 Å². The van der Waals surface area contributed by atoms with Gasteiger partial charge >= 0.3 is 17.9 Å². The van der Waals surface area contributed by atoms with Gasteiger partial charge in [-0.05, 0) is 76.3 Å². The Morgan fingerprint density at radius 1 is 0.806 bits per heavy atom. The number of nitrogens with zero attached hydrogens (tertiary/aromatic N) is 1. The summed E-state index contributed by atoms with van der Waals surface area (Å²) in [5.74, 6) is -0.154. The average molecular weight is 983 g/mol. The number of thioether (sulfide) groups is 1. The van der Waals surface area contributed by atoms with Crippen molar-refractivity contribution in [2.24, 2.45) is 5.73 Å². The van der Waals surface area contributed by atoms with Crippen LogP contribution in [-0.2, 0) is 50.3 Å². The minimum atomic E-state index is -4.81. The zero-order valence-corrected chi connectivity index (χ0v) is 43.7. The van der Waals surface area contributed by atoms with Gasteiger partial charge in [-0.1, -0.05) is 114 Å². The highest BCUT2D eigenvalue weighted by atomic mass is 32.2. The molecule has 0 aromatic carbocycles. The van der Waals surface area contributed by atoms with Crippen LogP contribution in [0.25, 0.3) is 0 Å². The lowest BCUT2D eigenvalue weighted by molar-refractivity contribution is -0.870. The van der Waals surface area contributed by atoms with E-state index in [0.29, 0.717) is 17.4 Å². The van der Waals surface area contributed by atoms with Crippen LogP contribution in [0.4, 0.5) is 0 Å². The maximum absolute atomic E-state index is 13.3. The monoisotopic (exact) mass is 983 g/mol. The number of carboxylic acid groups (broad SMARTS) is 1. The van der Waals surface area contributed by atoms with Gasteiger partial charge in [0.05, 0.1) is 33.9 Å². The first-order valence-electron chi connectivity index (χ1n) is 24.6. The van der Waals surface area contributed by atoms with Crippen molar-refractivity contribution in [3.05, 3.63) is 71.3 Å². The number of carboxylic acids is 1. The molecule has 0 bridgehead atoms. The summed E-state index contributed by atoms with van der Waals surface area (Å²) in [6.45, 7) is 7.81. The summed E-state index contributed by atoms with van der Waals surface area (Å²) in [4.78, 5) is 49.7. The molecule has 0 aliphatic rings. The Kier molecular flexibility index (Phi) is 34.2. The molecule has 0 spiro atoms. The molecule has 0 aliphatic heterocycles. The van der Waals surface area contributed by atoms with Crippen molar-refractivity contribution in [2.45, 2.75) is 180 Å². The van der Waals surface area contributed by atoms with Crippen molar-refractivity contribution >= 4 is 37.5 Å². The fourth-order valence-electron chi connectivity index (χ4n) is 6.73. The van der Waals surface area contributed by atoms with Gasteiger partial charge < -0.3 is 48.3 Å². The van der Waals surface area contributed by atoms with Crippen molar-refractivity contribution in [2.75, 3.05) is 53.3 Å². The van der Waals surface area contributed by atoms with Gasteiger partial charge in [-0.25, -0.2) is 0 Å². The van der Waals surface area contributed by atoms with E-state index in [9.17, 15) is 28.9 Å². The first-order valence-corrected chi connectivity index (χ1v) is 27.2. The van der Waals surface area contributed by atoms with Crippen LogP contribution >= 0.6 is 19.6 Å². The van der Waals surface area contributed by atoms with Gasteiger partial charge in [0.25, 0.3) is 7.82 Å². The topological polar surface area (TPSA) is 208 Å². The van der Waals surface area contributed by atoms with Crippen molar-refractivity contribution in [1.29, 1.82) is 0 Å². The predicted molar refractivity (Wildman–Crippen MR) is 268 cm³/mol. The molecule has 0 saturated heterocycles. The number of quaternary nitrogens is 1. The Hall–Kier alpha value is -3.01. The molecule has 67 heavy (non-hydrogen) atoms. The number of carbonyl (C=O) groups excluding carboxylic acids is 2. The number of rotatable bonds is 41. The Morgan fingerprint density at radius 3 is 2.09 bits per heavy atom. The highest BCUT2D eigenvalue weighted by molar-refractivity contribution is 8.00. The lowest BCUT2D eigenvalue weighted by atomic mass is 10.0. The quantitative estimate of drug-likeness (QED) is 0.0139. The molecule has 1 rings (SSSR count). The fourth-order valence-corrected chi connectivity index (χ4v) is 8.58. The average Bonchev–Trinajstić information content (AvgIpc) is 3.53. The number of nitrogens with two attached hydrogens (primary N) is 1.